The minimum absolute atomic E-state index is 0.0804. The van der Waals surface area contributed by atoms with Crippen molar-refractivity contribution in [3.63, 3.8) is 0 Å². The van der Waals surface area contributed by atoms with Gasteiger partial charge in [-0.1, -0.05) is 0 Å². The molecule has 1 aromatic heterocycles. The Morgan fingerprint density at radius 1 is 1.71 bits per heavy atom. The van der Waals surface area contributed by atoms with Crippen molar-refractivity contribution in [3.05, 3.63) is 10.2 Å². The number of nitrogens with zero attached hydrogens (tertiary/aromatic N) is 2. The molecule has 0 spiro atoms. The number of halogens is 1. The van der Waals surface area contributed by atoms with Crippen molar-refractivity contribution in [2.75, 3.05) is 5.73 Å². The second-order valence-corrected chi connectivity index (χ2v) is 4.05. The third kappa shape index (κ3) is 2.06. The number of carboxylic acid groups (broad SMARTS) is 1. The molecule has 0 radical (unpaired) electrons. The highest BCUT2D eigenvalue weighted by Crippen LogP contribution is 2.26. The number of rotatable bonds is 3. The topological polar surface area (TPSA) is 81.1 Å². The van der Waals surface area contributed by atoms with Gasteiger partial charge in [0.05, 0.1) is 16.6 Å². The predicted octanol–water partition coefficient (Wildman–Crippen LogP) is 1.44. The highest BCUT2D eigenvalue weighted by molar-refractivity contribution is 9.10. The second kappa shape index (κ2) is 4.00. The van der Waals surface area contributed by atoms with E-state index in [0.717, 1.165) is 0 Å². The molecule has 0 fully saturated rings. The summed E-state index contributed by atoms with van der Waals surface area (Å²) in [5.41, 5.74) is 6.19. The lowest BCUT2D eigenvalue weighted by atomic mass is 10.3. The first-order valence-electron chi connectivity index (χ1n) is 4.17. The maximum atomic E-state index is 10.6. The van der Waals surface area contributed by atoms with Crippen LogP contribution < -0.4 is 5.73 Å². The van der Waals surface area contributed by atoms with Crippen LogP contribution in [0.15, 0.2) is 4.47 Å². The first kappa shape index (κ1) is 11.0. The van der Waals surface area contributed by atoms with E-state index in [1.54, 1.807) is 4.68 Å². The van der Waals surface area contributed by atoms with Crippen molar-refractivity contribution in [1.29, 1.82) is 0 Å². The normalized spacial score (nSPS) is 10.9. The van der Waals surface area contributed by atoms with Gasteiger partial charge in [-0.15, -0.1) is 0 Å². The third-order valence-corrected chi connectivity index (χ3v) is 2.64. The molecule has 3 N–H and O–H groups in total. The molecule has 78 valence electrons. The van der Waals surface area contributed by atoms with Gasteiger partial charge in [-0.3, -0.25) is 9.48 Å². The number of anilines is 1. The van der Waals surface area contributed by atoms with E-state index < -0.39 is 5.97 Å². The summed E-state index contributed by atoms with van der Waals surface area (Å²) in [5, 5.41) is 12.8. The largest absolute Gasteiger partial charge is 0.481 e. The fourth-order valence-corrected chi connectivity index (χ4v) is 1.60. The van der Waals surface area contributed by atoms with Crippen molar-refractivity contribution in [2.45, 2.75) is 26.3 Å². The lowest BCUT2D eigenvalue weighted by Gasteiger charge is -2.09. The van der Waals surface area contributed by atoms with E-state index in [9.17, 15) is 4.79 Å². The summed E-state index contributed by atoms with van der Waals surface area (Å²) in [6.07, 6.45) is -0.0804. The van der Waals surface area contributed by atoms with Crippen LogP contribution in [-0.2, 0) is 11.2 Å². The summed E-state index contributed by atoms with van der Waals surface area (Å²) in [5.74, 6) is -0.567. The number of nitrogen functional groups attached to an aromatic ring is 1. The van der Waals surface area contributed by atoms with E-state index in [0.29, 0.717) is 16.0 Å². The molecule has 0 amide bonds. The van der Waals surface area contributed by atoms with E-state index in [2.05, 4.69) is 21.0 Å². The van der Waals surface area contributed by atoms with Gasteiger partial charge in [0.15, 0.2) is 5.82 Å². The van der Waals surface area contributed by atoms with Crippen LogP contribution in [0, 0.1) is 0 Å². The third-order valence-electron chi connectivity index (χ3n) is 1.78. The lowest BCUT2D eigenvalue weighted by Crippen LogP contribution is -2.11. The fraction of sp³-hybridized carbons (Fsp3) is 0.500. The van der Waals surface area contributed by atoms with Crippen LogP contribution in [0.5, 0.6) is 0 Å². The fourth-order valence-electron chi connectivity index (χ4n) is 1.20. The van der Waals surface area contributed by atoms with E-state index in [-0.39, 0.29) is 12.5 Å². The van der Waals surface area contributed by atoms with Gasteiger partial charge in [0, 0.05) is 6.04 Å². The molecule has 0 bridgehead atoms. The van der Waals surface area contributed by atoms with Crippen molar-refractivity contribution in [2.24, 2.45) is 0 Å². The Kier molecular flexibility index (Phi) is 3.15. The van der Waals surface area contributed by atoms with Gasteiger partial charge in [-0.05, 0) is 29.8 Å². The maximum absolute atomic E-state index is 10.6. The van der Waals surface area contributed by atoms with Crippen molar-refractivity contribution in [3.8, 4) is 0 Å². The summed E-state index contributed by atoms with van der Waals surface area (Å²) < 4.78 is 2.20. The van der Waals surface area contributed by atoms with Crippen molar-refractivity contribution >= 4 is 27.7 Å². The molecule has 0 unspecified atom stereocenters. The molecule has 0 saturated heterocycles. The Hall–Kier alpha value is -1.04. The van der Waals surface area contributed by atoms with Crippen LogP contribution in [0.2, 0.25) is 0 Å². The monoisotopic (exact) mass is 261 g/mol. The standard InChI is InChI=1S/C8H12BrN3O2/c1-4(2)12-5(3-6(13)14)7(9)8(10)11-12/h4H,3H2,1-2H3,(H2,10,11)(H,13,14). The van der Waals surface area contributed by atoms with Crippen LogP contribution in [0.1, 0.15) is 25.6 Å². The van der Waals surface area contributed by atoms with Crippen LogP contribution in [0.25, 0.3) is 0 Å². The second-order valence-electron chi connectivity index (χ2n) is 3.25. The van der Waals surface area contributed by atoms with E-state index >= 15 is 0 Å². The van der Waals surface area contributed by atoms with Crippen molar-refractivity contribution in [1.82, 2.24) is 9.78 Å². The number of carboxylic acids is 1. The lowest BCUT2D eigenvalue weighted by molar-refractivity contribution is -0.136. The number of aromatic nitrogens is 2. The van der Waals surface area contributed by atoms with Gasteiger partial charge in [0.2, 0.25) is 0 Å². The zero-order chi connectivity index (χ0) is 10.9. The molecule has 1 rings (SSSR count). The molecular formula is C8H12BrN3O2. The first-order valence-corrected chi connectivity index (χ1v) is 4.97. The molecule has 0 atom stereocenters. The van der Waals surface area contributed by atoms with Gasteiger partial charge < -0.3 is 10.8 Å². The molecule has 1 aromatic rings. The number of aliphatic carboxylic acids is 1. The number of carbonyl (C=O) groups is 1. The molecule has 0 aliphatic carbocycles. The SMILES string of the molecule is CC(C)n1nc(N)c(Br)c1CC(=O)O. The minimum Gasteiger partial charge on any atom is -0.481 e. The first-order chi connectivity index (χ1) is 6.43. The Balaban J connectivity index is 3.16. The zero-order valence-electron chi connectivity index (χ0n) is 7.99. The number of hydrogen-bond acceptors (Lipinski definition) is 3. The summed E-state index contributed by atoms with van der Waals surface area (Å²) >= 11 is 3.23. The van der Waals surface area contributed by atoms with Gasteiger partial charge >= 0.3 is 5.97 Å². The minimum atomic E-state index is -0.896. The average molecular weight is 262 g/mol. The summed E-state index contributed by atoms with van der Waals surface area (Å²) in [6.45, 7) is 3.84. The summed E-state index contributed by atoms with van der Waals surface area (Å²) in [4.78, 5) is 10.6. The highest BCUT2D eigenvalue weighted by Gasteiger charge is 2.17. The molecule has 0 saturated carbocycles. The van der Waals surface area contributed by atoms with Gasteiger partial charge in [0.1, 0.15) is 0 Å². The molecule has 0 aliphatic heterocycles. The smallest absolute Gasteiger partial charge is 0.309 e. The Labute approximate surface area is 90.0 Å². The highest BCUT2D eigenvalue weighted by atomic mass is 79.9. The van der Waals surface area contributed by atoms with Crippen LogP contribution in [0.4, 0.5) is 5.82 Å². The summed E-state index contributed by atoms with van der Waals surface area (Å²) in [6, 6.07) is 0.0953. The van der Waals surface area contributed by atoms with Crippen LogP contribution in [0.3, 0.4) is 0 Å². The molecule has 1 heterocycles. The number of hydrogen-bond donors (Lipinski definition) is 2. The van der Waals surface area contributed by atoms with E-state index in [1.807, 2.05) is 13.8 Å². The van der Waals surface area contributed by atoms with Gasteiger partial charge in [-0.2, -0.15) is 5.10 Å². The Bertz CT molecular complexity index is 360. The maximum Gasteiger partial charge on any atom is 0.309 e. The zero-order valence-corrected chi connectivity index (χ0v) is 9.58. The quantitative estimate of drug-likeness (QED) is 0.863. The average Bonchev–Trinajstić information content (AvgIpc) is 2.32. The summed E-state index contributed by atoms with van der Waals surface area (Å²) in [7, 11) is 0. The van der Waals surface area contributed by atoms with Gasteiger partial charge in [0.25, 0.3) is 0 Å². The van der Waals surface area contributed by atoms with Crippen LogP contribution in [-0.4, -0.2) is 20.9 Å². The molecule has 6 heteroatoms. The molecule has 14 heavy (non-hydrogen) atoms. The van der Waals surface area contributed by atoms with Crippen molar-refractivity contribution < 1.29 is 9.90 Å². The molecule has 0 aliphatic rings. The van der Waals surface area contributed by atoms with E-state index in [4.69, 9.17) is 10.8 Å². The van der Waals surface area contributed by atoms with Gasteiger partial charge in [-0.25, -0.2) is 0 Å². The Morgan fingerprint density at radius 3 is 2.71 bits per heavy atom. The molecule has 5 nitrogen and oxygen atoms in total. The Morgan fingerprint density at radius 2 is 2.29 bits per heavy atom. The number of nitrogens with two attached hydrogens (primary N) is 1. The molecular weight excluding hydrogens is 250 g/mol. The van der Waals surface area contributed by atoms with E-state index in [1.165, 1.54) is 0 Å². The molecule has 0 aromatic carbocycles. The predicted molar refractivity (Wildman–Crippen MR) is 56.1 cm³/mol. The van der Waals surface area contributed by atoms with Crippen LogP contribution >= 0.6 is 15.9 Å².